The van der Waals surface area contributed by atoms with E-state index in [1.807, 2.05) is 18.7 Å². The molecule has 0 aromatic heterocycles. The molecule has 1 aliphatic carbocycles. The molecule has 0 aliphatic heterocycles. The Bertz CT molecular complexity index is 114. The van der Waals surface area contributed by atoms with Crippen molar-refractivity contribution in [3.05, 3.63) is 24.3 Å². The van der Waals surface area contributed by atoms with Gasteiger partial charge in [-0.2, -0.15) is 0 Å². The highest BCUT2D eigenvalue weighted by Gasteiger charge is 1.97. The summed E-state index contributed by atoms with van der Waals surface area (Å²) in [6.07, 6.45) is 8.24. The van der Waals surface area contributed by atoms with Gasteiger partial charge in [0.1, 0.15) is 0 Å². The molecule has 7 heavy (non-hydrogen) atoms. The highest BCUT2D eigenvalue weighted by molar-refractivity contribution is 6.37. The maximum atomic E-state index is 7.37. The third kappa shape index (κ3) is 1.03. The summed E-state index contributed by atoms with van der Waals surface area (Å²) >= 11 is 0. The zero-order valence-electron chi connectivity index (χ0n) is 5.39. The second kappa shape index (κ2) is 2.12. The average molecular weight is 110 g/mol. The van der Waals surface area contributed by atoms with E-state index in [-0.39, 0.29) is 0 Å². The molecule has 0 saturated heterocycles. The minimum absolute atomic E-state index is 0.472. The highest BCUT2D eigenvalue weighted by atomic mass is 28.2. The van der Waals surface area contributed by atoms with E-state index in [1.165, 1.54) is 0 Å². The lowest BCUT2D eigenvalue weighted by atomic mass is 10.5. The lowest BCUT2D eigenvalue weighted by Crippen LogP contribution is -1.86. The Kier molecular flexibility index (Phi) is 1.11. The first kappa shape index (κ1) is 3.67. The average Bonchev–Trinajstić information content (AvgIpc) is 2.12. The minimum Gasteiger partial charge on any atom is -0.0810 e. The van der Waals surface area contributed by atoms with Crippen LogP contribution in [0.2, 0.25) is 12.1 Å². The van der Waals surface area contributed by atoms with E-state index in [9.17, 15) is 0 Å². The van der Waals surface area contributed by atoms with Gasteiger partial charge in [0.2, 0.25) is 0 Å². The fourth-order valence-corrected chi connectivity index (χ4v) is 1.23. The Balaban J connectivity index is 2.49. The molecule has 0 aromatic carbocycles. The monoisotopic (exact) mass is 110 g/mol. The fraction of sp³-hybridized carbons (Fsp3) is 0.333. The summed E-state index contributed by atoms with van der Waals surface area (Å²) in [6, 6.07) is 0. The summed E-state index contributed by atoms with van der Waals surface area (Å²) in [5.74, 6) is 0. The largest absolute Gasteiger partial charge is 0.0810 e. The molecule has 37 valence electrons. The van der Waals surface area contributed by atoms with Crippen molar-refractivity contribution in [2.45, 2.75) is 12.1 Å². The molecule has 0 nitrogen and oxygen atoms in total. The third-order valence-corrected chi connectivity index (χ3v) is 2.13. The van der Waals surface area contributed by atoms with Gasteiger partial charge in [0, 0.05) is 10.7 Å². The van der Waals surface area contributed by atoms with Crippen LogP contribution in [0.1, 0.15) is 0 Å². The number of hydrogen-bond donors (Lipinski definition) is 0. The second-order valence-corrected chi connectivity index (χ2v) is 2.83. The van der Waals surface area contributed by atoms with Crippen molar-refractivity contribution in [3.63, 3.8) is 0 Å². The van der Waals surface area contributed by atoms with Gasteiger partial charge in [0.15, 0.2) is 0 Å². The Morgan fingerprint density at radius 2 is 2.14 bits per heavy atom. The molecule has 0 saturated carbocycles. The summed E-state index contributed by atoms with van der Waals surface area (Å²) in [5.41, 5.74) is 0.472. The van der Waals surface area contributed by atoms with Crippen LogP contribution in [0, 0.1) is 0 Å². The van der Waals surface area contributed by atoms with Gasteiger partial charge in [-0.25, -0.2) is 0 Å². The van der Waals surface area contributed by atoms with Gasteiger partial charge >= 0.3 is 0 Å². The number of hydrogen-bond acceptors (Lipinski definition) is 0. The molecule has 1 radical (unpaired) electrons. The van der Waals surface area contributed by atoms with E-state index >= 15 is 0 Å². The lowest BCUT2D eigenvalue weighted by molar-refractivity contribution is 1.39. The molecule has 0 N–H and O–H groups in total. The molecule has 1 heteroatoms. The van der Waals surface area contributed by atoms with Gasteiger partial charge in [-0.1, -0.05) is 30.9 Å². The Hall–Kier alpha value is -0.303. The van der Waals surface area contributed by atoms with Crippen molar-refractivity contribution in [1.82, 2.24) is 0 Å². The SMILES string of the molecule is [2H][Si](C)C1C=CC=C1. The van der Waals surface area contributed by atoms with E-state index in [0.717, 1.165) is 0 Å². The maximum absolute atomic E-state index is 7.37. The lowest BCUT2D eigenvalue weighted by Gasteiger charge is -1.92. The summed E-state index contributed by atoms with van der Waals surface area (Å²) in [6.45, 7) is 2.01. The molecule has 0 fully saturated rings. The molecule has 0 bridgehead atoms. The Morgan fingerprint density at radius 1 is 1.57 bits per heavy atom. The highest BCUT2D eigenvalue weighted by Crippen LogP contribution is 2.12. The molecule has 1 aliphatic rings. The van der Waals surface area contributed by atoms with Crippen LogP contribution in [0.5, 0.6) is 0 Å². The van der Waals surface area contributed by atoms with Crippen molar-refractivity contribution < 1.29 is 0 Å². The smallest absolute Gasteiger partial charge is 0.0382 e. The molecular weight excluding hydrogens is 100 g/mol. The van der Waals surface area contributed by atoms with Gasteiger partial charge in [-0.15, -0.1) is 0 Å². The maximum Gasteiger partial charge on any atom is 0.0382 e. The first-order valence-electron chi connectivity index (χ1n) is 2.96. The zero-order valence-corrected chi connectivity index (χ0v) is 5.39. The van der Waals surface area contributed by atoms with Crippen LogP contribution in [0.3, 0.4) is 0 Å². The topological polar surface area (TPSA) is 0 Å². The molecule has 0 amide bonds. The van der Waals surface area contributed by atoms with E-state index in [4.69, 9.17) is 1.23 Å². The van der Waals surface area contributed by atoms with Crippen molar-refractivity contribution >= 4 is 9.45 Å². The van der Waals surface area contributed by atoms with Crippen LogP contribution in [-0.4, -0.2) is 10.7 Å². The van der Waals surface area contributed by atoms with Crippen LogP contribution in [-0.2, 0) is 0 Å². The van der Waals surface area contributed by atoms with Gasteiger partial charge in [0.05, 0.1) is 0 Å². The predicted octanol–water partition coefficient (Wildman–Crippen LogP) is 1.39. The third-order valence-electron chi connectivity index (χ3n) is 1.08. The molecule has 0 spiro atoms. The second-order valence-electron chi connectivity index (χ2n) is 1.58. The van der Waals surface area contributed by atoms with Gasteiger partial charge < -0.3 is 0 Å². The van der Waals surface area contributed by atoms with Crippen LogP contribution < -0.4 is 0 Å². The summed E-state index contributed by atoms with van der Waals surface area (Å²) in [4.78, 5) is 0. The summed E-state index contributed by atoms with van der Waals surface area (Å²) < 4.78 is 7.37. The minimum atomic E-state index is -0.836. The molecule has 0 unspecified atom stereocenters. The van der Waals surface area contributed by atoms with E-state index < -0.39 is 9.45 Å². The standard InChI is InChI=1S/C6H9Si/c1-7-6-4-2-3-5-6/h2-7H,1H3/i7D. The van der Waals surface area contributed by atoms with Crippen molar-refractivity contribution in [2.75, 3.05) is 0 Å². The molecule has 1 rings (SSSR count). The summed E-state index contributed by atoms with van der Waals surface area (Å²) in [7, 11) is -0.836. The number of allylic oxidation sites excluding steroid dienone is 4. The van der Waals surface area contributed by atoms with E-state index in [1.54, 1.807) is 0 Å². The van der Waals surface area contributed by atoms with Crippen molar-refractivity contribution in [3.8, 4) is 0 Å². The molecular formula is C6H9Si. The Labute approximate surface area is 48.0 Å². The van der Waals surface area contributed by atoms with Crippen LogP contribution >= 0.6 is 0 Å². The van der Waals surface area contributed by atoms with Gasteiger partial charge in [-0.05, 0) is 5.54 Å². The summed E-state index contributed by atoms with van der Waals surface area (Å²) in [5, 5.41) is 0. The first-order chi connectivity index (χ1) is 3.80. The van der Waals surface area contributed by atoms with Crippen molar-refractivity contribution in [2.24, 2.45) is 0 Å². The van der Waals surface area contributed by atoms with Gasteiger partial charge in [-0.3, -0.25) is 0 Å². The molecule has 0 aromatic rings. The van der Waals surface area contributed by atoms with Crippen LogP contribution in [0.25, 0.3) is 0 Å². The predicted molar refractivity (Wildman–Crippen MR) is 35.0 cm³/mol. The fourth-order valence-electron chi connectivity index (χ4n) is 0.624. The Morgan fingerprint density at radius 3 is 2.43 bits per heavy atom. The zero-order chi connectivity index (χ0) is 5.98. The van der Waals surface area contributed by atoms with E-state index in [2.05, 4.69) is 12.2 Å². The van der Waals surface area contributed by atoms with Crippen LogP contribution in [0.15, 0.2) is 24.3 Å². The molecule has 0 heterocycles. The number of rotatable bonds is 1. The van der Waals surface area contributed by atoms with Crippen LogP contribution in [0.4, 0.5) is 0 Å². The molecule has 0 atom stereocenters. The first-order valence-corrected chi connectivity index (χ1v) is 4.03. The van der Waals surface area contributed by atoms with Gasteiger partial charge in [0.25, 0.3) is 0 Å². The van der Waals surface area contributed by atoms with Crippen molar-refractivity contribution in [1.29, 1.82) is 1.23 Å². The quantitative estimate of drug-likeness (QED) is 0.447. The van der Waals surface area contributed by atoms with E-state index in [0.29, 0.717) is 5.54 Å². The normalized spacial score (nSPS) is 21.7.